The van der Waals surface area contributed by atoms with Crippen molar-refractivity contribution in [3.63, 3.8) is 0 Å². The second kappa shape index (κ2) is 6.74. The Bertz CT molecular complexity index is 506. The number of nitrogens with one attached hydrogen (secondary N) is 1. The number of imidazole rings is 1. The van der Waals surface area contributed by atoms with Gasteiger partial charge in [-0.25, -0.2) is 9.78 Å². The largest absolute Gasteiger partial charge is 0.480 e. The average molecular weight is 293 g/mol. The Morgan fingerprint density at radius 2 is 2.10 bits per heavy atom. The molecule has 6 nitrogen and oxygen atoms in total. The quantitative estimate of drug-likeness (QED) is 0.839. The summed E-state index contributed by atoms with van der Waals surface area (Å²) in [6.45, 7) is 4.41. The van der Waals surface area contributed by atoms with Gasteiger partial charge in [0.25, 0.3) is 0 Å². The molecule has 0 bridgehead atoms. The summed E-state index contributed by atoms with van der Waals surface area (Å²) in [4.78, 5) is 32.9. The minimum atomic E-state index is -0.955. The number of aliphatic carboxylic acids is 1. The van der Waals surface area contributed by atoms with Gasteiger partial charge in [0.15, 0.2) is 0 Å². The molecule has 1 aromatic rings. The van der Waals surface area contributed by atoms with Gasteiger partial charge in [-0.3, -0.25) is 4.79 Å². The Labute approximate surface area is 124 Å². The molecule has 1 atom stereocenters. The summed E-state index contributed by atoms with van der Waals surface area (Å²) in [6.07, 6.45) is 5.32. The van der Waals surface area contributed by atoms with Gasteiger partial charge in [-0.1, -0.05) is 26.7 Å². The molecular weight excluding hydrogens is 270 g/mol. The number of fused-ring (bicyclic) bond motifs is 1. The van der Waals surface area contributed by atoms with E-state index in [-0.39, 0.29) is 18.2 Å². The third-order valence-corrected chi connectivity index (χ3v) is 4.09. The maximum atomic E-state index is 12.8. The van der Waals surface area contributed by atoms with E-state index < -0.39 is 12.0 Å². The van der Waals surface area contributed by atoms with Gasteiger partial charge < -0.3 is 15.0 Å². The topological polar surface area (TPSA) is 86.3 Å². The number of carboxylic acid groups (broad SMARTS) is 1. The number of aromatic amines is 1. The molecule has 6 heteroatoms. The Balaban J connectivity index is 2.22. The Hall–Kier alpha value is -1.85. The molecule has 0 fully saturated rings. The highest BCUT2D eigenvalue weighted by molar-refractivity contribution is 5.85. The first-order valence-corrected chi connectivity index (χ1v) is 7.62. The number of nitrogens with zero attached hydrogens (tertiary/aromatic N) is 2. The maximum absolute atomic E-state index is 12.8. The van der Waals surface area contributed by atoms with Crippen molar-refractivity contribution in [2.75, 3.05) is 0 Å². The van der Waals surface area contributed by atoms with Crippen LogP contribution in [-0.2, 0) is 22.6 Å². The summed E-state index contributed by atoms with van der Waals surface area (Å²) in [5.41, 5.74) is 1.61. The molecule has 1 aliphatic rings. The van der Waals surface area contributed by atoms with Crippen molar-refractivity contribution in [2.24, 2.45) is 5.92 Å². The predicted octanol–water partition coefficient (Wildman–Crippen LogP) is 1.96. The summed E-state index contributed by atoms with van der Waals surface area (Å²) < 4.78 is 0. The third kappa shape index (κ3) is 3.25. The molecule has 1 unspecified atom stereocenters. The van der Waals surface area contributed by atoms with Crippen molar-refractivity contribution < 1.29 is 14.7 Å². The smallest absolute Gasteiger partial charge is 0.326 e. The van der Waals surface area contributed by atoms with Crippen LogP contribution in [-0.4, -0.2) is 37.9 Å². The zero-order chi connectivity index (χ0) is 15.4. The molecule has 0 saturated heterocycles. The molecule has 116 valence electrons. The molecule has 0 radical (unpaired) electrons. The predicted molar refractivity (Wildman–Crippen MR) is 77.6 cm³/mol. The van der Waals surface area contributed by atoms with Crippen LogP contribution in [0.3, 0.4) is 0 Å². The molecule has 2 heterocycles. The van der Waals surface area contributed by atoms with Crippen LogP contribution in [0, 0.1) is 5.92 Å². The second-order valence-corrected chi connectivity index (χ2v) is 5.63. The van der Waals surface area contributed by atoms with Crippen molar-refractivity contribution >= 4 is 11.9 Å². The Morgan fingerprint density at radius 3 is 2.67 bits per heavy atom. The van der Waals surface area contributed by atoms with Crippen molar-refractivity contribution in [3.8, 4) is 0 Å². The number of H-pyrrole nitrogens is 1. The van der Waals surface area contributed by atoms with Gasteiger partial charge >= 0.3 is 5.97 Å². The van der Waals surface area contributed by atoms with Crippen LogP contribution in [0.4, 0.5) is 0 Å². The second-order valence-electron chi connectivity index (χ2n) is 5.63. The van der Waals surface area contributed by atoms with E-state index in [4.69, 9.17) is 0 Å². The minimum absolute atomic E-state index is 0.0358. The molecule has 2 rings (SSSR count). The van der Waals surface area contributed by atoms with Crippen LogP contribution in [0.2, 0.25) is 0 Å². The fourth-order valence-electron chi connectivity index (χ4n) is 3.01. The highest BCUT2D eigenvalue weighted by Gasteiger charge is 2.37. The fraction of sp³-hybridized carbons (Fsp3) is 0.667. The van der Waals surface area contributed by atoms with Crippen molar-refractivity contribution in [3.05, 3.63) is 17.7 Å². The molecule has 0 spiro atoms. The number of hydrogen-bond donors (Lipinski definition) is 2. The van der Waals surface area contributed by atoms with Gasteiger partial charge in [-0.05, 0) is 12.8 Å². The number of carbonyl (C=O) groups is 2. The van der Waals surface area contributed by atoms with Crippen LogP contribution in [0.1, 0.15) is 50.9 Å². The van der Waals surface area contributed by atoms with Crippen LogP contribution in [0.5, 0.6) is 0 Å². The van der Waals surface area contributed by atoms with Crippen LogP contribution in [0.25, 0.3) is 0 Å². The van der Waals surface area contributed by atoms with Gasteiger partial charge in [0, 0.05) is 12.3 Å². The lowest BCUT2D eigenvalue weighted by Gasteiger charge is -2.34. The van der Waals surface area contributed by atoms with Crippen molar-refractivity contribution in [1.82, 2.24) is 14.9 Å². The molecular formula is C15H23N3O3. The van der Waals surface area contributed by atoms with E-state index in [1.807, 2.05) is 13.8 Å². The van der Waals surface area contributed by atoms with Gasteiger partial charge in [0.1, 0.15) is 6.04 Å². The van der Waals surface area contributed by atoms with Gasteiger partial charge in [-0.2, -0.15) is 0 Å². The first-order valence-electron chi connectivity index (χ1n) is 7.62. The number of rotatable bonds is 6. The molecule has 0 saturated carbocycles. The lowest BCUT2D eigenvalue weighted by atomic mass is 9.93. The van der Waals surface area contributed by atoms with Crippen molar-refractivity contribution in [2.45, 2.75) is 58.5 Å². The summed E-state index contributed by atoms with van der Waals surface area (Å²) in [5.74, 6) is -1.07. The van der Waals surface area contributed by atoms with Crippen LogP contribution in [0.15, 0.2) is 6.33 Å². The van der Waals surface area contributed by atoms with E-state index >= 15 is 0 Å². The van der Waals surface area contributed by atoms with E-state index in [0.717, 1.165) is 37.1 Å². The molecule has 2 N–H and O–H groups in total. The number of amides is 1. The first kappa shape index (κ1) is 15.5. The summed E-state index contributed by atoms with van der Waals surface area (Å²) in [6, 6.07) is -0.801. The number of carboxylic acids is 1. The zero-order valence-corrected chi connectivity index (χ0v) is 12.6. The molecule has 1 amide bonds. The summed E-state index contributed by atoms with van der Waals surface area (Å²) in [5, 5.41) is 9.43. The Morgan fingerprint density at radius 1 is 1.43 bits per heavy atom. The molecule has 0 aliphatic carbocycles. The van der Waals surface area contributed by atoms with E-state index in [0.29, 0.717) is 6.54 Å². The average Bonchev–Trinajstić information content (AvgIpc) is 2.92. The first-order chi connectivity index (χ1) is 10.1. The highest BCUT2D eigenvalue weighted by Crippen LogP contribution is 2.25. The van der Waals surface area contributed by atoms with E-state index in [1.54, 1.807) is 6.33 Å². The molecule has 1 aliphatic heterocycles. The normalized spacial score (nSPS) is 17.9. The van der Waals surface area contributed by atoms with Crippen LogP contribution >= 0.6 is 0 Å². The SMILES string of the molecule is CCCC(CCC)C(=O)N1Cc2[nH]cnc2CC1C(=O)O. The fourth-order valence-corrected chi connectivity index (χ4v) is 3.01. The standard InChI is InChI=1S/C15H23N3O3/c1-3-5-10(6-4-2)14(19)18-8-12-11(16-9-17-12)7-13(18)15(20)21/h9-10,13H,3-8H2,1-2H3,(H,16,17)(H,20,21). The molecule has 1 aromatic heterocycles. The highest BCUT2D eigenvalue weighted by atomic mass is 16.4. The maximum Gasteiger partial charge on any atom is 0.326 e. The summed E-state index contributed by atoms with van der Waals surface area (Å²) >= 11 is 0. The zero-order valence-electron chi connectivity index (χ0n) is 12.6. The van der Waals surface area contributed by atoms with Gasteiger partial charge in [0.05, 0.1) is 24.3 Å². The van der Waals surface area contributed by atoms with Gasteiger partial charge in [-0.15, -0.1) is 0 Å². The molecule has 0 aromatic carbocycles. The Kier molecular flexibility index (Phi) is 4.98. The van der Waals surface area contributed by atoms with E-state index in [1.165, 1.54) is 4.90 Å². The van der Waals surface area contributed by atoms with Crippen molar-refractivity contribution in [1.29, 1.82) is 0 Å². The molecule has 21 heavy (non-hydrogen) atoms. The lowest BCUT2D eigenvalue weighted by molar-refractivity contribution is -0.153. The third-order valence-electron chi connectivity index (χ3n) is 4.09. The van der Waals surface area contributed by atoms with E-state index in [9.17, 15) is 14.7 Å². The van der Waals surface area contributed by atoms with Crippen LogP contribution < -0.4 is 0 Å². The summed E-state index contributed by atoms with van der Waals surface area (Å²) in [7, 11) is 0. The monoisotopic (exact) mass is 293 g/mol. The number of carbonyl (C=O) groups excluding carboxylic acids is 1. The van der Waals surface area contributed by atoms with E-state index in [2.05, 4.69) is 9.97 Å². The van der Waals surface area contributed by atoms with Gasteiger partial charge in [0.2, 0.25) is 5.91 Å². The minimum Gasteiger partial charge on any atom is -0.480 e. The lowest BCUT2D eigenvalue weighted by Crippen LogP contribution is -2.50. The number of aromatic nitrogens is 2. The number of hydrogen-bond acceptors (Lipinski definition) is 3.